The van der Waals surface area contributed by atoms with Gasteiger partial charge in [-0.15, -0.1) is 0 Å². The molecule has 0 saturated carbocycles. The Kier molecular flexibility index (Phi) is 7.41. The lowest BCUT2D eigenvalue weighted by Gasteiger charge is -2.15. The Morgan fingerprint density at radius 1 is 1.21 bits per heavy atom. The third-order valence-electron chi connectivity index (χ3n) is 4.73. The molecule has 8 nitrogen and oxygen atoms in total. The van der Waals surface area contributed by atoms with Gasteiger partial charge in [-0.05, 0) is 55.0 Å². The molecule has 0 aliphatic rings. The molecule has 0 aliphatic carbocycles. The predicted molar refractivity (Wildman–Crippen MR) is 124 cm³/mol. The zero-order valence-electron chi connectivity index (χ0n) is 18.1. The fourth-order valence-electron chi connectivity index (χ4n) is 3.10. The van der Waals surface area contributed by atoms with E-state index in [9.17, 15) is 13.2 Å². The minimum Gasteiger partial charge on any atom is -0.493 e. The van der Waals surface area contributed by atoms with Crippen LogP contribution in [0, 0.1) is 24.1 Å². The Bertz CT molecular complexity index is 1420. The molecule has 3 N–H and O–H groups in total. The molecule has 0 saturated heterocycles. The highest BCUT2D eigenvalue weighted by Gasteiger charge is 2.20. The molecule has 3 aromatic rings. The molecule has 0 spiro atoms. The number of halogens is 2. The van der Waals surface area contributed by atoms with Gasteiger partial charge in [-0.25, -0.2) is 17.9 Å². The minimum atomic E-state index is -3.88. The van der Waals surface area contributed by atoms with E-state index in [1.54, 1.807) is 6.92 Å². The molecule has 34 heavy (non-hydrogen) atoms. The van der Waals surface area contributed by atoms with E-state index in [0.717, 1.165) is 0 Å². The molecule has 3 rings (SSSR count). The van der Waals surface area contributed by atoms with E-state index < -0.39 is 21.7 Å². The van der Waals surface area contributed by atoms with Gasteiger partial charge in [0.2, 0.25) is 21.7 Å². The first kappa shape index (κ1) is 25.0. The van der Waals surface area contributed by atoms with Crippen LogP contribution in [-0.4, -0.2) is 21.4 Å². The Morgan fingerprint density at radius 2 is 1.94 bits per heavy atom. The van der Waals surface area contributed by atoms with E-state index in [2.05, 4.69) is 5.32 Å². The fourth-order valence-corrected chi connectivity index (χ4v) is 3.92. The van der Waals surface area contributed by atoms with Crippen LogP contribution in [0.3, 0.4) is 0 Å². The number of methoxy groups -OCH3 is 1. The summed E-state index contributed by atoms with van der Waals surface area (Å²) >= 11 is 5.98. The smallest absolute Gasteiger partial charge is 0.238 e. The Morgan fingerprint density at radius 3 is 2.56 bits per heavy atom. The number of carbonyl (C=O) groups excluding carboxylic acids is 1. The van der Waals surface area contributed by atoms with Crippen molar-refractivity contribution >= 4 is 33.2 Å². The van der Waals surface area contributed by atoms with Crippen LogP contribution in [0.5, 0.6) is 17.2 Å². The standard InChI is InChI=1S/C23H19ClFN3O5S/c1-13-7-18(34(27,30)31)4-5-19(13)28-21(29)10-15-3-6-20(32-2)23(22(15)25)33-17-9-14(12-26)8-16(24)11-17/h3-9,11H,10H2,1-2H3,(H,28,29)(H2,27,30,31). The summed E-state index contributed by atoms with van der Waals surface area (Å²) in [6.07, 6.45) is -0.346. The molecule has 0 radical (unpaired) electrons. The number of hydrogen-bond acceptors (Lipinski definition) is 6. The van der Waals surface area contributed by atoms with E-state index in [0.29, 0.717) is 11.3 Å². The number of sulfonamides is 1. The first-order valence-electron chi connectivity index (χ1n) is 9.69. The van der Waals surface area contributed by atoms with Crippen LogP contribution in [-0.2, 0) is 21.2 Å². The Hall–Kier alpha value is -3.65. The average Bonchev–Trinajstić information content (AvgIpc) is 2.76. The van der Waals surface area contributed by atoms with Gasteiger partial charge < -0.3 is 14.8 Å². The highest BCUT2D eigenvalue weighted by atomic mass is 35.5. The summed E-state index contributed by atoms with van der Waals surface area (Å²) in [5.74, 6) is -1.44. The van der Waals surface area contributed by atoms with Crippen LogP contribution in [0.25, 0.3) is 0 Å². The lowest BCUT2D eigenvalue weighted by Crippen LogP contribution is -2.17. The second kappa shape index (κ2) is 10.1. The monoisotopic (exact) mass is 503 g/mol. The number of anilines is 1. The molecule has 11 heteroatoms. The third kappa shape index (κ3) is 5.82. The topological polar surface area (TPSA) is 132 Å². The quantitative estimate of drug-likeness (QED) is 0.494. The Labute approximate surface area is 200 Å². The zero-order chi connectivity index (χ0) is 25.0. The van der Waals surface area contributed by atoms with Crippen molar-refractivity contribution < 1.29 is 27.1 Å². The van der Waals surface area contributed by atoms with Crippen molar-refractivity contribution in [3.63, 3.8) is 0 Å². The fraction of sp³-hybridized carbons (Fsp3) is 0.130. The van der Waals surface area contributed by atoms with Crippen molar-refractivity contribution in [2.24, 2.45) is 5.14 Å². The molecule has 0 unspecified atom stereocenters. The molecule has 0 bridgehead atoms. The van der Waals surface area contributed by atoms with E-state index in [1.807, 2.05) is 6.07 Å². The highest BCUT2D eigenvalue weighted by molar-refractivity contribution is 7.89. The van der Waals surface area contributed by atoms with Gasteiger partial charge in [-0.2, -0.15) is 5.26 Å². The van der Waals surface area contributed by atoms with Gasteiger partial charge in [-0.3, -0.25) is 4.79 Å². The second-order valence-electron chi connectivity index (χ2n) is 7.21. The van der Waals surface area contributed by atoms with Crippen molar-refractivity contribution in [2.75, 3.05) is 12.4 Å². The SMILES string of the molecule is COc1ccc(CC(=O)Nc2ccc(S(N)(=O)=O)cc2C)c(F)c1Oc1cc(Cl)cc(C#N)c1. The van der Waals surface area contributed by atoms with E-state index >= 15 is 4.39 Å². The summed E-state index contributed by atoms with van der Waals surface area (Å²) in [4.78, 5) is 12.5. The predicted octanol–water partition coefficient (Wildman–Crippen LogP) is 4.29. The number of primary sulfonamides is 1. The summed E-state index contributed by atoms with van der Waals surface area (Å²) in [6.45, 7) is 1.60. The number of aryl methyl sites for hydroxylation is 1. The summed E-state index contributed by atoms with van der Waals surface area (Å²) in [5, 5.41) is 17.1. The number of nitrogens with two attached hydrogens (primary N) is 1. The summed E-state index contributed by atoms with van der Waals surface area (Å²) in [7, 11) is -2.55. The van der Waals surface area contributed by atoms with Crippen molar-refractivity contribution in [3.05, 3.63) is 76.1 Å². The van der Waals surface area contributed by atoms with Crippen molar-refractivity contribution in [1.29, 1.82) is 5.26 Å². The van der Waals surface area contributed by atoms with Gasteiger partial charge in [0.15, 0.2) is 11.6 Å². The average molecular weight is 504 g/mol. The molecular weight excluding hydrogens is 485 g/mol. The van der Waals surface area contributed by atoms with Crippen LogP contribution in [0.2, 0.25) is 5.02 Å². The third-order valence-corrected chi connectivity index (χ3v) is 5.86. The zero-order valence-corrected chi connectivity index (χ0v) is 19.6. The van der Waals surface area contributed by atoms with Crippen molar-refractivity contribution in [2.45, 2.75) is 18.2 Å². The molecule has 0 aromatic heterocycles. The van der Waals surface area contributed by atoms with Gasteiger partial charge in [0.1, 0.15) is 5.75 Å². The lowest BCUT2D eigenvalue weighted by molar-refractivity contribution is -0.115. The maximum absolute atomic E-state index is 15.3. The van der Waals surface area contributed by atoms with E-state index in [1.165, 1.54) is 55.6 Å². The van der Waals surface area contributed by atoms with Gasteiger partial charge >= 0.3 is 0 Å². The molecular formula is C23H19ClFN3O5S. The largest absolute Gasteiger partial charge is 0.493 e. The van der Waals surface area contributed by atoms with Crippen molar-refractivity contribution in [3.8, 4) is 23.3 Å². The van der Waals surface area contributed by atoms with Gasteiger partial charge in [0.05, 0.1) is 30.1 Å². The number of nitrogens with zero attached hydrogens (tertiary/aromatic N) is 1. The molecule has 0 atom stereocenters. The number of benzene rings is 3. The van der Waals surface area contributed by atoms with Gasteiger partial charge in [0, 0.05) is 16.3 Å². The minimum absolute atomic E-state index is 0.0228. The molecule has 0 fully saturated rings. The number of carbonyl (C=O) groups is 1. The van der Waals surface area contributed by atoms with E-state index in [4.69, 9.17) is 31.5 Å². The number of amides is 1. The van der Waals surface area contributed by atoms with Crippen LogP contribution in [0.1, 0.15) is 16.7 Å². The normalized spacial score (nSPS) is 10.9. The first-order chi connectivity index (χ1) is 16.0. The summed E-state index contributed by atoms with van der Waals surface area (Å²) in [5.41, 5.74) is 1.06. The molecule has 176 valence electrons. The first-order valence-corrected chi connectivity index (χ1v) is 11.6. The maximum Gasteiger partial charge on any atom is 0.238 e. The van der Waals surface area contributed by atoms with Crippen LogP contribution < -0.4 is 19.9 Å². The highest BCUT2D eigenvalue weighted by Crippen LogP contribution is 2.37. The lowest BCUT2D eigenvalue weighted by atomic mass is 10.1. The van der Waals surface area contributed by atoms with Gasteiger partial charge in [-0.1, -0.05) is 17.7 Å². The Balaban J connectivity index is 1.85. The van der Waals surface area contributed by atoms with Gasteiger partial charge in [0.25, 0.3) is 0 Å². The molecule has 1 amide bonds. The number of hydrogen-bond donors (Lipinski definition) is 2. The molecule has 3 aromatic carbocycles. The van der Waals surface area contributed by atoms with E-state index in [-0.39, 0.29) is 44.7 Å². The number of nitrogens with one attached hydrogen (secondary N) is 1. The number of rotatable bonds is 7. The van der Waals surface area contributed by atoms with Crippen LogP contribution >= 0.6 is 11.6 Å². The summed E-state index contributed by atoms with van der Waals surface area (Å²) in [6, 6.07) is 13.0. The second-order valence-corrected chi connectivity index (χ2v) is 9.20. The number of nitriles is 1. The molecule has 0 aliphatic heterocycles. The molecule has 0 heterocycles. The van der Waals surface area contributed by atoms with Crippen LogP contribution in [0.15, 0.2) is 53.4 Å². The van der Waals surface area contributed by atoms with Crippen molar-refractivity contribution in [1.82, 2.24) is 0 Å². The summed E-state index contributed by atoms with van der Waals surface area (Å²) < 4.78 is 49.0. The maximum atomic E-state index is 15.3. The number of ether oxygens (including phenoxy) is 2. The van der Waals surface area contributed by atoms with Crippen LogP contribution in [0.4, 0.5) is 10.1 Å².